The number of amides is 1. The highest BCUT2D eigenvalue weighted by Gasteiger charge is 2.19. The molecule has 0 atom stereocenters. The highest BCUT2D eigenvalue weighted by molar-refractivity contribution is 5.78. The second-order valence-corrected chi connectivity index (χ2v) is 7.19. The fourth-order valence-electron chi connectivity index (χ4n) is 3.63. The van der Waals surface area contributed by atoms with E-state index < -0.39 is 0 Å². The molecule has 4 heteroatoms. The molecule has 1 aliphatic rings. The van der Waals surface area contributed by atoms with Gasteiger partial charge in [0, 0.05) is 19.6 Å². The van der Waals surface area contributed by atoms with E-state index in [1.54, 1.807) is 7.11 Å². The first kappa shape index (κ1) is 19.4. The van der Waals surface area contributed by atoms with Gasteiger partial charge in [-0.2, -0.15) is 0 Å². The lowest BCUT2D eigenvalue weighted by Gasteiger charge is -2.22. The highest BCUT2D eigenvalue weighted by Crippen LogP contribution is 2.13. The number of rotatable bonds is 7. The Morgan fingerprint density at radius 3 is 2.44 bits per heavy atom. The van der Waals surface area contributed by atoms with E-state index >= 15 is 0 Å². The van der Waals surface area contributed by atoms with E-state index in [9.17, 15) is 4.79 Å². The standard InChI is InChI=1S/C23H30N2O2/c1-27-22-12-10-21(11-13-22)19-23(26)25-16-6-15-24(17-18-25)14-5-9-20-7-3-2-4-8-20/h2-4,7-8,10-13H,5-6,9,14-19H2,1H3. The van der Waals surface area contributed by atoms with E-state index in [1.807, 2.05) is 29.2 Å². The molecule has 0 radical (unpaired) electrons. The quantitative estimate of drug-likeness (QED) is 0.753. The molecule has 0 aromatic heterocycles. The van der Waals surface area contributed by atoms with Crippen LogP contribution in [0.25, 0.3) is 0 Å². The molecule has 0 spiro atoms. The molecule has 0 bridgehead atoms. The lowest BCUT2D eigenvalue weighted by atomic mass is 10.1. The fraction of sp³-hybridized carbons (Fsp3) is 0.435. The number of hydrogen-bond acceptors (Lipinski definition) is 3. The third kappa shape index (κ3) is 6.10. The normalized spacial score (nSPS) is 15.4. The number of carbonyl (C=O) groups excluding carboxylic acids is 1. The molecule has 1 heterocycles. The van der Waals surface area contributed by atoms with E-state index in [4.69, 9.17) is 4.74 Å². The summed E-state index contributed by atoms with van der Waals surface area (Å²) >= 11 is 0. The molecule has 0 saturated carbocycles. The maximum Gasteiger partial charge on any atom is 0.227 e. The van der Waals surface area contributed by atoms with E-state index in [2.05, 4.69) is 35.2 Å². The van der Waals surface area contributed by atoms with E-state index in [-0.39, 0.29) is 5.91 Å². The summed E-state index contributed by atoms with van der Waals surface area (Å²) in [6.07, 6.45) is 3.82. The lowest BCUT2D eigenvalue weighted by Crippen LogP contribution is -2.36. The van der Waals surface area contributed by atoms with Crippen molar-refractivity contribution >= 4 is 5.91 Å². The van der Waals surface area contributed by atoms with Gasteiger partial charge in [0.25, 0.3) is 0 Å². The first-order valence-corrected chi connectivity index (χ1v) is 9.91. The third-order valence-corrected chi connectivity index (χ3v) is 5.24. The smallest absolute Gasteiger partial charge is 0.227 e. The zero-order chi connectivity index (χ0) is 18.9. The van der Waals surface area contributed by atoms with Gasteiger partial charge in [-0.15, -0.1) is 0 Å². The van der Waals surface area contributed by atoms with E-state index in [1.165, 1.54) is 12.0 Å². The van der Waals surface area contributed by atoms with Gasteiger partial charge in [0.15, 0.2) is 0 Å². The monoisotopic (exact) mass is 366 g/mol. The molecule has 27 heavy (non-hydrogen) atoms. The summed E-state index contributed by atoms with van der Waals surface area (Å²) in [5.41, 5.74) is 2.45. The summed E-state index contributed by atoms with van der Waals surface area (Å²) in [5.74, 6) is 1.05. The summed E-state index contributed by atoms with van der Waals surface area (Å²) < 4.78 is 5.18. The van der Waals surface area contributed by atoms with Gasteiger partial charge in [-0.3, -0.25) is 4.79 Å². The molecular formula is C23H30N2O2. The van der Waals surface area contributed by atoms with Crippen molar-refractivity contribution in [3.8, 4) is 5.75 Å². The average molecular weight is 367 g/mol. The highest BCUT2D eigenvalue weighted by atomic mass is 16.5. The van der Waals surface area contributed by atoms with Gasteiger partial charge in [-0.25, -0.2) is 0 Å². The van der Waals surface area contributed by atoms with Gasteiger partial charge in [-0.1, -0.05) is 42.5 Å². The van der Waals surface area contributed by atoms with Crippen molar-refractivity contribution in [1.82, 2.24) is 9.80 Å². The molecule has 2 aromatic rings. The topological polar surface area (TPSA) is 32.8 Å². The molecule has 0 N–H and O–H groups in total. The molecule has 0 unspecified atom stereocenters. The summed E-state index contributed by atoms with van der Waals surface area (Å²) in [6, 6.07) is 18.5. The van der Waals surface area contributed by atoms with Gasteiger partial charge >= 0.3 is 0 Å². The minimum Gasteiger partial charge on any atom is -0.497 e. The van der Waals surface area contributed by atoms with Gasteiger partial charge in [0.05, 0.1) is 13.5 Å². The minimum absolute atomic E-state index is 0.228. The maximum absolute atomic E-state index is 12.7. The lowest BCUT2D eigenvalue weighted by molar-refractivity contribution is -0.130. The van der Waals surface area contributed by atoms with Crippen LogP contribution in [0.5, 0.6) is 5.75 Å². The molecule has 0 aliphatic carbocycles. The van der Waals surface area contributed by atoms with Crippen LogP contribution in [0.4, 0.5) is 0 Å². The van der Waals surface area contributed by atoms with Crippen LogP contribution < -0.4 is 4.74 Å². The largest absolute Gasteiger partial charge is 0.497 e. The molecule has 1 saturated heterocycles. The van der Waals surface area contributed by atoms with Crippen LogP contribution in [0, 0.1) is 0 Å². The number of ether oxygens (including phenoxy) is 1. The molecule has 2 aromatic carbocycles. The molecule has 1 fully saturated rings. The third-order valence-electron chi connectivity index (χ3n) is 5.24. The zero-order valence-electron chi connectivity index (χ0n) is 16.3. The van der Waals surface area contributed by atoms with Crippen LogP contribution in [0.1, 0.15) is 24.0 Å². The second kappa shape index (κ2) is 10.1. The average Bonchev–Trinajstić information content (AvgIpc) is 2.95. The molecule has 1 amide bonds. The number of methoxy groups -OCH3 is 1. The zero-order valence-corrected chi connectivity index (χ0v) is 16.3. The number of aryl methyl sites for hydroxylation is 1. The van der Waals surface area contributed by atoms with Crippen LogP contribution in [-0.4, -0.2) is 55.5 Å². The van der Waals surface area contributed by atoms with Gasteiger partial charge < -0.3 is 14.5 Å². The first-order valence-electron chi connectivity index (χ1n) is 9.91. The minimum atomic E-state index is 0.228. The predicted octanol–water partition coefficient (Wildman–Crippen LogP) is 3.40. The summed E-state index contributed by atoms with van der Waals surface area (Å²) in [6.45, 7) is 4.87. The predicted molar refractivity (Wildman–Crippen MR) is 109 cm³/mol. The van der Waals surface area contributed by atoms with Crippen molar-refractivity contribution < 1.29 is 9.53 Å². The van der Waals surface area contributed by atoms with E-state index in [0.717, 1.165) is 56.9 Å². The van der Waals surface area contributed by atoms with Crippen molar-refractivity contribution in [3.63, 3.8) is 0 Å². The van der Waals surface area contributed by atoms with Crippen molar-refractivity contribution in [2.24, 2.45) is 0 Å². The molecule has 4 nitrogen and oxygen atoms in total. The Kier molecular flexibility index (Phi) is 7.28. The Balaban J connectivity index is 1.42. The Bertz CT molecular complexity index is 700. The Morgan fingerprint density at radius 1 is 0.926 bits per heavy atom. The molecule has 144 valence electrons. The van der Waals surface area contributed by atoms with Crippen molar-refractivity contribution in [2.75, 3.05) is 39.8 Å². The van der Waals surface area contributed by atoms with Crippen molar-refractivity contribution in [2.45, 2.75) is 25.7 Å². The van der Waals surface area contributed by atoms with E-state index in [0.29, 0.717) is 6.42 Å². The van der Waals surface area contributed by atoms with Crippen molar-refractivity contribution in [3.05, 3.63) is 65.7 Å². The summed E-state index contributed by atoms with van der Waals surface area (Å²) in [7, 11) is 1.66. The number of carbonyl (C=O) groups is 1. The van der Waals surface area contributed by atoms with Crippen LogP contribution in [0.2, 0.25) is 0 Å². The summed E-state index contributed by atoms with van der Waals surface area (Å²) in [4.78, 5) is 17.2. The Hall–Kier alpha value is -2.33. The van der Waals surface area contributed by atoms with Crippen LogP contribution in [0.15, 0.2) is 54.6 Å². The van der Waals surface area contributed by atoms with Gasteiger partial charge in [0.1, 0.15) is 5.75 Å². The Labute approximate surface area is 162 Å². The van der Waals surface area contributed by atoms with Crippen LogP contribution >= 0.6 is 0 Å². The second-order valence-electron chi connectivity index (χ2n) is 7.19. The molecule has 3 rings (SSSR count). The van der Waals surface area contributed by atoms with Crippen molar-refractivity contribution in [1.29, 1.82) is 0 Å². The number of nitrogens with zero attached hydrogens (tertiary/aromatic N) is 2. The molecular weight excluding hydrogens is 336 g/mol. The van der Waals surface area contributed by atoms with Crippen LogP contribution in [-0.2, 0) is 17.6 Å². The summed E-state index contributed by atoms with van der Waals surface area (Å²) in [5, 5.41) is 0. The van der Waals surface area contributed by atoms with Crippen LogP contribution in [0.3, 0.4) is 0 Å². The number of hydrogen-bond donors (Lipinski definition) is 0. The van der Waals surface area contributed by atoms with Gasteiger partial charge in [-0.05, 0) is 55.6 Å². The van der Waals surface area contributed by atoms with Gasteiger partial charge in [0.2, 0.25) is 5.91 Å². The SMILES string of the molecule is COc1ccc(CC(=O)N2CCCN(CCCc3ccccc3)CC2)cc1. The molecule has 1 aliphatic heterocycles. The maximum atomic E-state index is 12.7. The fourth-order valence-corrected chi connectivity index (χ4v) is 3.63. The Morgan fingerprint density at radius 2 is 1.70 bits per heavy atom. The first-order chi connectivity index (χ1) is 13.2. The number of benzene rings is 2.